The van der Waals surface area contributed by atoms with Gasteiger partial charge in [-0.1, -0.05) is 15.9 Å². The van der Waals surface area contributed by atoms with Gasteiger partial charge in [0, 0.05) is 10.7 Å². The zero-order valence-electron chi connectivity index (χ0n) is 7.14. The molecule has 1 aromatic heterocycles. The molecule has 0 fully saturated rings. The summed E-state index contributed by atoms with van der Waals surface area (Å²) in [6.07, 6.45) is -3.54. The molecule has 0 spiro atoms. The average Bonchev–Trinajstić information content (AvgIpc) is 2.02. The van der Waals surface area contributed by atoms with Crippen molar-refractivity contribution in [2.45, 2.75) is 18.7 Å². The molecule has 1 rings (SSSR count). The maximum Gasteiger partial charge on any atom is 0.422 e. The number of aromatic nitrogens is 1. The van der Waals surface area contributed by atoms with E-state index in [0.29, 0.717) is 11.4 Å². The summed E-state index contributed by atoms with van der Waals surface area (Å²) >= 11 is 3.00. The Hall–Kier alpha value is -0.620. The van der Waals surface area contributed by atoms with Gasteiger partial charge in [0.25, 0.3) is 0 Å². The molecule has 1 unspecified atom stereocenters. The largest absolute Gasteiger partial charge is 0.422 e. The molecule has 0 aliphatic heterocycles. The van der Waals surface area contributed by atoms with Gasteiger partial charge >= 0.3 is 6.18 Å². The molecule has 0 amide bonds. The molecule has 0 radical (unpaired) electrons. The molecule has 0 saturated carbocycles. The van der Waals surface area contributed by atoms with Crippen molar-refractivity contribution in [3.63, 3.8) is 0 Å². The molecular weight excluding hydrogens is 263 g/mol. The first-order valence-electron chi connectivity index (χ1n) is 3.66. The van der Waals surface area contributed by atoms with Crippen LogP contribution in [0.15, 0.2) is 22.8 Å². The van der Waals surface area contributed by atoms with E-state index in [-0.39, 0.29) is 0 Å². The van der Waals surface area contributed by atoms with Gasteiger partial charge in [0.05, 0.1) is 5.69 Å². The molecule has 78 valence electrons. The monoisotopic (exact) mass is 269 g/mol. The van der Waals surface area contributed by atoms with Crippen LogP contribution < -0.4 is 0 Å². The van der Waals surface area contributed by atoms with E-state index >= 15 is 0 Å². The third-order valence-electron chi connectivity index (χ3n) is 1.77. The van der Waals surface area contributed by atoms with Gasteiger partial charge < -0.3 is 5.11 Å². The maximum absolute atomic E-state index is 12.3. The van der Waals surface area contributed by atoms with Crippen LogP contribution in [0.2, 0.25) is 0 Å². The minimum absolute atomic E-state index is 0.431. The number of pyridine rings is 1. The first-order chi connectivity index (χ1) is 6.25. The predicted molar refractivity (Wildman–Crippen MR) is 47.6 cm³/mol. The van der Waals surface area contributed by atoms with Crippen LogP contribution in [-0.2, 0) is 5.60 Å². The molecule has 2 nitrogen and oxygen atoms in total. The lowest BCUT2D eigenvalue weighted by atomic mass is 10.0. The van der Waals surface area contributed by atoms with Gasteiger partial charge in [0.1, 0.15) is 0 Å². The Morgan fingerprint density at radius 3 is 2.43 bits per heavy atom. The van der Waals surface area contributed by atoms with Crippen molar-refractivity contribution < 1.29 is 18.3 Å². The van der Waals surface area contributed by atoms with E-state index in [1.807, 2.05) is 0 Å². The molecular formula is C8H7BrF3NO. The van der Waals surface area contributed by atoms with Gasteiger partial charge in [-0.05, 0) is 19.1 Å². The highest BCUT2D eigenvalue weighted by molar-refractivity contribution is 9.10. The second kappa shape index (κ2) is 3.51. The summed E-state index contributed by atoms with van der Waals surface area (Å²) < 4.78 is 37.5. The van der Waals surface area contributed by atoms with Crippen molar-refractivity contribution in [3.8, 4) is 0 Å². The Morgan fingerprint density at radius 2 is 2.00 bits per heavy atom. The number of rotatable bonds is 1. The van der Waals surface area contributed by atoms with Crippen LogP contribution in [-0.4, -0.2) is 16.3 Å². The molecule has 6 heteroatoms. The van der Waals surface area contributed by atoms with Crippen LogP contribution in [0.5, 0.6) is 0 Å². The Labute approximate surface area is 86.9 Å². The highest BCUT2D eigenvalue weighted by atomic mass is 79.9. The number of alkyl halides is 3. The summed E-state index contributed by atoms with van der Waals surface area (Å²) in [5, 5.41) is 9.24. The lowest BCUT2D eigenvalue weighted by molar-refractivity contribution is -0.260. The Bertz CT molecular complexity index is 338. The van der Waals surface area contributed by atoms with E-state index in [1.165, 1.54) is 12.3 Å². The van der Waals surface area contributed by atoms with E-state index in [2.05, 4.69) is 20.9 Å². The molecule has 1 aromatic rings. The maximum atomic E-state index is 12.3. The van der Waals surface area contributed by atoms with E-state index in [4.69, 9.17) is 0 Å². The van der Waals surface area contributed by atoms with Gasteiger partial charge in [-0.2, -0.15) is 13.2 Å². The van der Waals surface area contributed by atoms with Crippen LogP contribution in [0, 0.1) is 0 Å². The average molecular weight is 270 g/mol. The zero-order chi connectivity index (χ0) is 11.0. The minimum atomic E-state index is -4.74. The minimum Gasteiger partial charge on any atom is -0.375 e. The molecule has 1 heterocycles. The van der Waals surface area contributed by atoms with Gasteiger partial charge in [0.2, 0.25) is 0 Å². The van der Waals surface area contributed by atoms with Crippen molar-refractivity contribution in [1.82, 2.24) is 4.98 Å². The Balaban J connectivity index is 3.16. The van der Waals surface area contributed by atoms with Crippen LogP contribution in [0.3, 0.4) is 0 Å². The lowest BCUT2D eigenvalue weighted by Crippen LogP contribution is -2.39. The molecule has 0 bridgehead atoms. The smallest absolute Gasteiger partial charge is 0.375 e. The summed E-state index contributed by atoms with van der Waals surface area (Å²) in [6, 6.07) is 2.61. The molecule has 0 aliphatic carbocycles. The summed E-state index contributed by atoms with van der Waals surface area (Å²) in [5.74, 6) is 0. The second-order valence-electron chi connectivity index (χ2n) is 2.93. The van der Waals surface area contributed by atoms with Crippen LogP contribution in [0.25, 0.3) is 0 Å². The van der Waals surface area contributed by atoms with Crippen LogP contribution in [0.1, 0.15) is 12.6 Å². The van der Waals surface area contributed by atoms with Gasteiger partial charge in [-0.15, -0.1) is 0 Å². The van der Waals surface area contributed by atoms with Gasteiger partial charge in [-0.25, -0.2) is 0 Å². The molecule has 0 aromatic carbocycles. The molecule has 0 aliphatic rings. The van der Waals surface area contributed by atoms with Crippen molar-refractivity contribution >= 4 is 15.9 Å². The van der Waals surface area contributed by atoms with E-state index in [1.54, 1.807) is 0 Å². The molecule has 1 atom stereocenters. The molecule has 0 saturated heterocycles. The standard InChI is InChI=1S/C8H7BrF3NO/c1-7(14,8(10,11)12)6-4-5(9)2-3-13-6/h2-4,14H,1H3. The van der Waals surface area contributed by atoms with E-state index < -0.39 is 17.5 Å². The lowest BCUT2D eigenvalue weighted by Gasteiger charge is -2.25. The van der Waals surface area contributed by atoms with E-state index in [9.17, 15) is 18.3 Å². The SMILES string of the molecule is CC(O)(c1cc(Br)ccn1)C(F)(F)F. The highest BCUT2D eigenvalue weighted by Gasteiger charge is 2.52. The highest BCUT2D eigenvalue weighted by Crippen LogP contribution is 2.37. The number of halogens is 4. The van der Waals surface area contributed by atoms with Crippen molar-refractivity contribution in [2.24, 2.45) is 0 Å². The zero-order valence-corrected chi connectivity index (χ0v) is 8.72. The Morgan fingerprint density at radius 1 is 1.43 bits per heavy atom. The fourth-order valence-electron chi connectivity index (χ4n) is 0.816. The van der Waals surface area contributed by atoms with E-state index in [0.717, 1.165) is 6.07 Å². The van der Waals surface area contributed by atoms with Gasteiger partial charge in [0.15, 0.2) is 5.60 Å². The number of hydrogen-bond acceptors (Lipinski definition) is 2. The normalized spacial score (nSPS) is 16.4. The number of aliphatic hydroxyl groups is 1. The van der Waals surface area contributed by atoms with Crippen LogP contribution in [0.4, 0.5) is 13.2 Å². The summed E-state index contributed by atoms with van der Waals surface area (Å²) in [6.45, 7) is 0.668. The Kier molecular flexibility index (Phi) is 2.87. The quantitative estimate of drug-likeness (QED) is 0.850. The summed E-state index contributed by atoms with van der Waals surface area (Å²) in [5.41, 5.74) is -3.35. The van der Waals surface area contributed by atoms with Gasteiger partial charge in [-0.3, -0.25) is 4.98 Å². The first-order valence-corrected chi connectivity index (χ1v) is 4.45. The van der Waals surface area contributed by atoms with Crippen molar-refractivity contribution in [1.29, 1.82) is 0 Å². The fraction of sp³-hybridized carbons (Fsp3) is 0.375. The van der Waals surface area contributed by atoms with Crippen LogP contribution >= 0.6 is 15.9 Å². The summed E-state index contributed by atoms with van der Waals surface area (Å²) in [4.78, 5) is 3.48. The third-order valence-corrected chi connectivity index (χ3v) is 2.27. The third kappa shape index (κ3) is 2.06. The first kappa shape index (κ1) is 11.5. The van der Waals surface area contributed by atoms with Crippen molar-refractivity contribution in [2.75, 3.05) is 0 Å². The van der Waals surface area contributed by atoms with Crippen molar-refractivity contribution in [3.05, 3.63) is 28.5 Å². The topological polar surface area (TPSA) is 33.1 Å². The predicted octanol–water partition coefficient (Wildman–Crippen LogP) is 2.61. The molecule has 1 N–H and O–H groups in total. The summed E-state index contributed by atoms with van der Waals surface area (Å²) in [7, 11) is 0. The molecule has 14 heavy (non-hydrogen) atoms. The number of nitrogens with zero attached hydrogens (tertiary/aromatic N) is 1. The number of hydrogen-bond donors (Lipinski definition) is 1. The second-order valence-corrected chi connectivity index (χ2v) is 3.84. The fourth-order valence-corrected chi connectivity index (χ4v) is 1.15.